The lowest BCUT2D eigenvalue weighted by molar-refractivity contribution is -0.127. The third-order valence-electron chi connectivity index (χ3n) is 2.91. The molecule has 4 nitrogen and oxygen atoms in total. The fourth-order valence-electron chi connectivity index (χ4n) is 1.93. The van der Waals surface area contributed by atoms with Gasteiger partial charge in [-0.05, 0) is 19.3 Å². The van der Waals surface area contributed by atoms with Crippen molar-refractivity contribution in [1.29, 1.82) is 0 Å². The molecule has 3 atom stereocenters. The van der Waals surface area contributed by atoms with Crippen LogP contribution in [-0.2, 0) is 4.79 Å². The maximum absolute atomic E-state index is 11.5. The van der Waals surface area contributed by atoms with Crippen LogP contribution in [0.2, 0.25) is 0 Å². The maximum atomic E-state index is 11.5. The topological polar surface area (TPSA) is 49.4 Å². The minimum absolute atomic E-state index is 0.0639. The fraction of sp³-hybridized carbons (Fsp3) is 0.778. The third-order valence-corrected chi connectivity index (χ3v) is 2.91. The molecule has 1 heterocycles. The van der Waals surface area contributed by atoms with Crippen LogP contribution in [-0.4, -0.2) is 28.9 Å². The molecule has 2 rings (SSSR count). The van der Waals surface area contributed by atoms with E-state index in [1.807, 2.05) is 0 Å². The summed E-state index contributed by atoms with van der Waals surface area (Å²) in [4.78, 5) is 24.2. The molecule has 2 aliphatic rings. The van der Waals surface area contributed by atoms with Crippen molar-refractivity contribution >= 4 is 11.9 Å². The molecule has 0 spiro atoms. The largest absolute Gasteiger partial charge is 0.326 e. The predicted molar refractivity (Wildman–Crippen MR) is 47.0 cm³/mol. The van der Waals surface area contributed by atoms with Gasteiger partial charge in [0.1, 0.15) is 6.04 Å². The van der Waals surface area contributed by atoms with Crippen LogP contribution in [0.1, 0.15) is 26.7 Å². The molecule has 0 aromatic rings. The molecule has 1 aliphatic heterocycles. The van der Waals surface area contributed by atoms with Gasteiger partial charge in [0, 0.05) is 6.04 Å². The zero-order valence-electron chi connectivity index (χ0n) is 7.91. The van der Waals surface area contributed by atoms with Crippen molar-refractivity contribution in [2.24, 2.45) is 5.92 Å². The van der Waals surface area contributed by atoms with E-state index >= 15 is 0 Å². The van der Waals surface area contributed by atoms with Crippen molar-refractivity contribution in [3.8, 4) is 0 Å². The molecule has 4 heteroatoms. The molecule has 2 unspecified atom stereocenters. The number of nitrogens with one attached hydrogen (secondary N) is 1. The number of rotatable bonds is 2. The van der Waals surface area contributed by atoms with E-state index < -0.39 is 0 Å². The standard InChI is InChI=1S/C9H14N2O2/c1-3-6-4-7(6)11-8(12)5(2)10-9(11)13/h5-7H,3-4H2,1-2H3,(H,10,13)/t5-,6?,7?/m1/s1. The first-order valence-electron chi connectivity index (χ1n) is 4.78. The van der Waals surface area contributed by atoms with Crippen molar-refractivity contribution in [2.75, 3.05) is 0 Å². The normalized spacial score (nSPS) is 38.0. The van der Waals surface area contributed by atoms with Crippen molar-refractivity contribution in [3.05, 3.63) is 0 Å². The van der Waals surface area contributed by atoms with Gasteiger partial charge in [-0.25, -0.2) is 4.79 Å². The van der Waals surface area contributed by atoms with Crippen molar-refractivity contribution in [2.45, 2.75) is 38.8 Å². The monoisotopic (exact) mass is 182 g/mol. The molecular formula is C9H14N2O2. The smallest absolute Gasteiger partial charge is 0.325 e. The zero-order chi connectivity index (χ0) is 9.59. The molecule has 0 bridgehead atoms. The van der Waals surface area contributed by atoms with Crippen LogP contribution in [0, 0.1) is 5.92 Å². The van der Waals surface area contributed by atoms with E-state index in [2.05, 4.69) is 12.2 Å². The fourth-order valence-corrected chi connectivity index (χ4v) is 1.93. The summed E-state index contributed by atoms with van der Waals surface area (Å²) >= 11 is 0. The first-order valence-corrected chi connectivity index (χ1v) is 4.78. The molecule has 13 heavy (non-hydrogen) atoms. The summed E-state index contributed by atoms with van der Waals surface area (Å²) in [5.74, 6) is 0.478. The predicted octanol–water partition coefficient (Wildman–Crippen LogP) is 0.725. The molecule has 0 aromatic carbocycles. The number of nitrogens with zero attached hydrogens (tertiary/aromatic N) is 1. The first-order chi connectivity index (χ1) is 6.15. The average molecular weight is 182 g/mol. The second-order valence-corrected chi connectivity index (χ2v) is 3.85. The van der Waals surface area contributed by atoms with E-state index in [1.165, 1.54) is 4.90 Å². The van der Waals surface area contributed by atoms with Crippen LogP contribution < -0.4 is 5.32 Å². The second kappa shape index (κ2) is 2.72. The van der Waals surface area contributed by atoms with E-state index in [0.717, 1.165) is 12.8 Å². The van der Waals surface area contributed by atoms with Gasteiger partial charge < -0.3 is 5.32 Å². The van der Waals surface area contributed by atoms with Gasteiger partial charge in [0.05, 0.1) is 0 Å². The molecule has 1 saturated heterocycles. The molecule has 3 amide bonds. The summed E-state index contributed by atoms with van der Waals surface area (Å²) in [6.07, 6.45) is 2.04. The van der Waals surface area contributed by atoms with E-state index in [9.17, 15) is 9.59 Å². The number of hydrogen-bond acceptors (Lipinski definition) is 2. The lowest BCUT2D eigenvalue weighted by Gasteiger charge is -2.11. The van der Waals surface area contributed by atoms with Crippen LogP contribution in [0.5, 0.6) is 0 Å². The lowest BCUT2D eigenvalue weighted by Crippen LogP contribution is -2.34. The zero-order valence-corrected chi connectivity index (χ0v) is 7.91. The van der Waals surface area contributed by atoms with Gasteiger partial charge in [0.2, 0.25) is 0 Å². The minimum atomic E-state index is -0.328. The molecule has 1 aliphatic carbocycles. The molecule has 1 N–H and O–H groups in total. The Kier molecular flexibility index (Phi) is 1.78. The van der Waals surface area contributed by atoms with Crippen LogP contribution >= 0.6 is 0 Å². The minimum Gasteiger partial charge on any atom is -0.326 e. The number of amides is 3. The number of hydrogen-bond donors (Lipinski definition) is 1. The molecule has 2 fully saturated rings. The van der Waals surface area contributed by atoms with E-state index in [1.54, 1.807) is 6.92 Å². The Balaban J connectivity index is 2.07. The number of carbonyl (C=O) groups is 2. The number of urea groups is 1. The van der Waals surface area contributed by atoms with Gasteiger partial charge in [-0.2, -0.15) is 0 Å². The first kappa shape index (κ1) is 8.53. The highest BCUT2D eigenvalue weighted by Gasteiger charge is 2.49. The van der Waals surface area contributed by atoms with Crippen LogP contribution in [0.3, 0.4) is 0 Å². The Morgan fingerprint density at radius 3 is 2.62 bits per heavy atom. The number of imide groups is 1. The third kappa shape index (κ3) is 1.20. The highest BCUT2D eigenvalue weighted by atomic mass is 16.2. The Hall–Kier alpha value is -1.06. The summed E-state index contributed by atoms with van der Waals surface area (Å²) in [5, 5.41) is 2.62. The van der Waals surface area contributed by atoms with Crippen LogP contribution in [0.15, 0.2) is 0 Å². The van der Waals surface area contributed by atoms with Gasteiger partial charge in [-0.1, -0.05) is 13.3 Å². The highest BCUT2D eigenvalue weighted by Crippen LogP contribution is 2.39. The Bertz CT molecular complexity index is 264. The molecular weight excluding hydrogens is 168 g/mol. The summed E-state index contributed by atoms with van der Waals surface area (Å²) < 4.78 is 0. The van der Waals surface area contributed by atoms with E-state index in [4.69, 9.17) is 0 Å². The Morgan fingerprint density at radius 1 is 1.54 bits per heavy atom. The summed E-state index contributed by atoms with van der Waals surface area (Å²) in [5.41, 5.74) is 0. The van der Waals surface area contributed by atoms with Gasteiger partial charge in [-0.15, -0.1) is 0 Å². The molecule has 1 saturated carbocycles. The summed E-state index contributed by atoms with van der Waals surface area (Å²) in [6, 6.07) is -0.355. The van der Waals surface area contributed by atoms with Crippen molar-refractivity contribution < 1.29 is 9.59 Å². The van der Waals surface area contributed by atoms with Gasteiger partial charge >= 0.3 is 6.03 Å². The van der Waals surface area contributed by atoms with Gasteiger partial charge in [0.15, 0.2) is 0 Å². The quantitative estimate of drug-likeness (QED) is 0.640. The van der Waals surface area contributed by atoms with Crippen LogP contribution in [0.4, 0.5) is 4.79 Å². The lowest BCUT2D eigenvalue weighted by atomic mass is 10.3. The van der Waals surface area contributed by atoms with E-state index in [0.29, 0.717) is 5.92 Å². The highest BCUT2D eigenvalue weighted by molar-refractivity contribution is 6.04. The number of carbonyl (C=O) groups excluding carboxylic acids is 2. The van der Waals surface area contributed by atoms with E-state index in [-0.39, 0.29) is 24.0 Å². The Labute approximate surface area is 77.3 Å². The van der Waals surface area contributed by atoms with Crippen molar-refractivity contribution in [3.63, 3.8) is 0 Å². The summed E-state index contributed by atoms with van der Waals surface area (Å²) in [6.45, 7) is 3.82. The van der Waals surface area contributed by atoms with Gasteiger partial charge in [0.25, 0.3) is 5.91 Å². The SMILES string of the molecule is CCC1CC1N1C(=O)N[C@H](C)C1=O. The summed E-state index contributed by atoms with van der Waals surface area (Å²) in [7, 11) is 0. The molecule has 0 aromatic heterocycles. The van der Waals surface area contributed by atoms with Crippen LogP contribution in [0.25, 0.3) is 0 Å². The average Bonchev–Trinajstić information content (AvgIpc) is 2.79. The molecule has 72 valence electrons. The van der Waals surface area contributed by atoms with Crippen molar-refractivity contribution in [1.82, 2.24) is 10.2 Å². The Morgan fingerprint density at radius 2 is 2.23 bits per heavy atom. The maximum Gasteiger partial charge on any atom is 0.325 e. The van der Waals surface area contributed by atoms with Gasteiger partial charge in [-0.3, -0.25) is 9.69 Å². The molecule has 0 radical (unpaired) electrons. The second-order valence-electron chi connectivity index (χ2n) is 3.85.